The van der Waals surface area contributed by atoms with Crippen LogP contribution in [0.25, 0.3) is 0 Å². The molecular formula is C13H14N2S. The number of anilines is 1. The molecule has 0 aliphatic rings. The number of aromatic nitrogens is 1. The van der Waals surface area contributed by atoms with Gasteiger partial charge < -0.3 is 5.32 Å². The van der Waals surface area contributed by atoms with Gasteiger partial charge in [0.25, 0.3) is 0 Å². The lowest BCUT2D eigenvalue weighted by atomic mass is 10.3. The fraction of sp³-hybridized carbons (Fsp3) is 0.154. The highest BCUT2D eigenvalue weighted by atomic mass is 32.2. The number of hydrogen-bond donors (Lipinski definition) is 1. The molecule has 0 spiro atoms. The number of nitrogens with one attached hydrogen (secondary N) is 1. The minimum Gasteiger partial charge on any atom is -0.378 e. The quantitative estimate of drug-likeness (QED) is 0.815. The zero-order valence-electron chi connectivity index (χ0n) is 9.18. The number of pyridine rings is 1. The molecule has 1 aromatic carbocycles. The number of thioether (sulfide) groups is 1. The summed E-state index contributed by atoms with van der Waals surface area (Å²) in [6.45, 7) is 0.762. The maximum Gasteiger partial charge on any atom is 0.0594 e. The molecule has 2 nitrogen and oxygen atoms in total. The first-order valence-electron chi connectivity index (χ1n) is 5.17. The predicted molar refractivity (Wildman–Crippen MR) is 69.8 cm³/mol. The van der Waals surface area contributed by atoms with Crippen molar-refractivity contribution in [1.29, 1.82) is 0 Å². The lowest BCUT2D eigenvalue weighted by molar-refractivity contribution is 1.04. The van der Waals surface area contributed by atoms with E-state index in [2.05, 4.69) is 34.8 Å². The van der Waals surface area contributed by atoms with Crippen molar-refractivity contribution in [3.05, 3.63) is 54.4 Å². The highest BCUT2D eigenvalue weighted by Crippen LogP contribution is 2.24. The first kappa shape index (κ1) is 11.0. The van der Waals surface area contributed by atoms with Crippen molar-refractivity contribution < 1.29 is 0 Å². The van der Waals surface area contributed by atoms with Crippen molar-refractivity contribution in [2.45, 2.75) is 11.4 Å². The topological polar surface area (TPSA) is 24.9 Å². The van der Waals surface area contributed by atoms with Crippen molar-refractivity contribution in [3.63, 3.8) is 0 Å². The first-order valence-corrected chi connectivity index (χ1v) is 6.39. The Morgan fingerprint density at radius 3 is 2.69 bits per heavy atom. The van der Waals surface area contributed by atoms with Crippen molar-refractivity contribution in [2.24, 2.45) is 0 Å². The van der Waals surface area contributed by atoms with Crippen LogP contribution in [0.5, 0.6) is 0 Å². The maximum atomic E-state index is 4.28. The van der Waals surface area contributed by atoms with Gasteiger partial charge in [-0.25, -0.2) is 0 Å². The molecule has 2 aromatic rings. The summed E-state index contributed by atoms with van der Waals surface area (Å²) in [6.07, 6.45) is 3.90. The zero-order chi connectivity index (χ0) is 11.2. The molecule has 0 fully saturated rings. The third kappa shape index (κ3) is 2.76. The number of rotatable bonds is 4. The summed E-state index contributed by atoms with van der Waals surface area (Å²) >= 11 is 1.75. The number of benzene rings is 1. The average Bonchev–Trinajstić information content (AvgIpc) is 2.38. The highest BCUT2D eigenvalue weighted by molar-refractivity contribution is 7.98. The van der Waals surface area contributed by atoms with Gasteiger partial charge in [0.1, 0.15) is 0 Å². The second-order valence-corrected chi connectivity index (χ2v) is 4.22. The molecule has 1 N–H and O–H groups in total. The molecule has 0 saturated heterocycles. The summed E-state index contributed by atoms with van der Waals surface area (Å²) < 4.78 is 0. The van der Waals surface area contributed by atoms with Crippen molar-refractivity contribution in [1.82, 2.24) is 4.98 Å². The van der Waals surface area contributed by atoms with Gasteiger partial charge in [-0.05, 0) is 30.5 Å². The van der Waals surface area contributed by atoms with Gasteiger partial charge in [-0.3, -0.25) is 4.98 Å². The molecule has 0 radical (unpaired) electrons. The van der Waals surface area contributed by atoms with Crippen molar-refractivity contribution in [3.8, 4) is 0 Å². The summed E-state index contributed by atoms with van der Waals surface area (Å²) in [6, 6.07) is 14.3. The molecule has 2 rings (SSSR count). The van der Waals surface area contributed by atoms with Gasteiger partial charge in [0, 0.05) is 16.8 Å². The SMILES string of the molecule is CSc1ccccc1NCc1ccccn1. The normalized spacial score (nSPS) is 10.1. The van der Waals surface area contributed by atoms with Gasteiger partial charge >= 0.3 is 0 Å². The molecule has 0 atom stereocenters. The molecule has 3 heteroatoms. The van der Waals surface area contributed by atoms with E-state index in [0.29, 0.717) is 0 Å². The molecule has 82 valence electrons. The molecule has 0 aliphatic carbocycles. The number of hydrogen-bond acceptors (Lipinski definition) is 3. The fourth-order valence-electron chi connectivity index (χ4n) is 1.48. The smallest absolute Gasteiger partial charge is 0.0594 e. The lowest BCUT2D eigenvalue weighted by Gasteiger charge is -2.09. The van der Waals surface area contributed by atoms with E-state index in [1.807, 2.05) is 30.5 Å². The van der Waals surface area contributed by atoms with Gasteiger partial charge in [-0.15, -0.1) is 11.8 Å². The second-order valence-electron chi connectivity index (χ2n) is 3.37. The van der Waals surface area contributed by atoms with E-state index in [0.717, 1.165) is 12.2 Å². The summed E-state index contributed by atoms with van der Waals surface area (Å²) in [4.78, 5) is 5.54. The van der Waals surface area contributed by atoms with E-state index >= 15 is 0 Å². The van der Waals surface area contributed by atoms with E-state index in [9.17, 15) is 0 Å². The second kappa shape index (κ2) is 5.56. The van der Waals surface area contributed by atoms with Crippen LogP contribution in [0.1, 0.15) is 5.69 Å². The van der Waals surface area contributed by atoms with Crippen LogP contribution in [0.2, 0.25) is 0 Å². The van der Waals surface area contributed by atoms with Gasteiger partial charge in [-0.1, -0.05) is 18.2 Å². The van der Waals surface area contributed by atoms with Crippen molar-refractivity contribution in [2.75, 3.05) is 11.6 Å². The molecule has 0 aliphatic heterocycles. The number of para-hydroxylation sites is 1. The van der Waals surface area contributed by atoms with Crippen LogP contribution in [-0.2, 0) is 6.54 Å². The molecule has 0 unspecified atom stereocenters. The third-order valence-corrected chi connectivity index (χ3v) is 3.09. The van der Waals surface area contributed by atoms with Crippen LogP contribution in [0, 0.1) is 0 Å². The minimum absolute atomic E-state index is 0.762. The molecule has 0 saturated carbocycles. The lowest BCUT2D eigenvalue weighted by Crippen LogP contribution is -2.01. The maximum absolute atomic E-state index is 4.28. The van der Waals surface area contributed by atoms with Gasteiger partial charge in [0.15, 0.2) is 0 Å². The summed E-state index contributed by atoms with van der Waals surface area (Å²) in [5, 5.41) is 3.40. The summed E-state index contributed by atoms with van der Waals surface area (Å²) in [5.74, 6) is 0. The molecule has 0 amide bonds. The highest BCUT2D eigenvalue weighted by Gasteiger charge is 1.99. The Morgan fingerprint density at radius 1 is 1.12 bits per heavy atom. The van der Waals surface area contributed by atoms with E-state index < -0.39 is 0 Å². The zero-order valence-corrected chi connectivity index (χ0v) is 10.00. The first-order chi connectivity index (χ1) is 7.90. The van der Waals surface area contributed by atoms with Crippen LogP contribution < -0.4 is 5.32 Å². The van der Waals surface area contributed by atoms with Crippen LogP contribution in [0.15, 0.2) is 53.6 Å². The van der Waals surface area contributed by atoms with Crippen LogP contribution >= 0.6 is 11.8 Å². The van der Waals surface area contributed by atoms with Crippen LogP contribution in [0.4, 0.5) is 5.69 Å². The van der Waals surface area contributed by atoms with E-state index in [1.165, 1.54) is 10.6 Å². The van der Waals surface area contributed by atoms with Crippen LogP contribution in [-0.4, -0.2) is 11.2 Å². The molecular weight excluding hydrogens is 216 g/mol. The predicted octanol–water partition coefficient (Wildman–Crippen LogP) is 3.42. The van der Waals surface area contributed by atoms with Crippen molar-refractivity contribution >= 4 is 17.4 Å². The van der Waals surface area contributed by atoms with Crippen LogP contribution in [0.3, 0.4) is 0 Å². The van der Waals surface area contributed by atoms with E-state index in [-0.39, 0.29) is 0 Å². The van der Waals surface area contributed by atoms with E-state index in [4.69, 9.17) is 0 Å². The molecule has 0 bridgehead atoms. The Bertz CT molecular complexity index is 443. The molecule has 1 heterocycles. The largest absolute Gasteiger partial charge is 0.378 e. The summed E-state index contributed by atoms with van der Waals surface area (Å²) in [5.41, 5.74) is 2.22. The third-order valence-electron chi connectivity index (χ3n) is 2.29. The Hall–Kier alpha value is -1.48. The standard InChI is InChI=1S/C13H14N2S/c1-16-13-8-3-2-7-12(13)15-10-11-6-4-5-9-14-11/h2-9,15H,10H2,1H3. The average molecular weight is 230 g/mol. The number of nitrogens with zero attached hydrogens (tertiary/aromatic N) is 1. The van der Waals surface area contributed by atoms with Gasteiger partial charge in [0.2, 0.25) is 0 Å². The Kier molecular flexibility index (Phi) is 3.83. The summed E-state index contributed by atoms with van der Waals surface area (Å²) in [7, 11) is 0. The Morgan fingerprint density at radius 2 is 1.94 bits per heavy atom. The molecule has 1 aromatic heterocycles. The van der Waals surface area contributed by atoms with Gasteiger partial charge in [-0.2, -0.15) is 0 Å². The Labute approximate surface area is 100 Å². The molecule has 16 heavy (non-hydrogen) atoms. The van der Waals surface area contributed by atoms with E-state index in [1.54, 1.807) is 11.8 Å². The minimum atomic E-state index is 0.762. The fourth-order valence-corrected chi connectivity index (χ4v) is 2.05. The monoisotopic (exact) mass is 230 g/mol. The Balaban J connectivity index is 2.05. The van der Waals surface area contributed by atoms with Gasteiger partial charge in [0.05, 0.1) is 12.2 Å².